The lowest BCUT2D eigenvalue weighted by Crippen LogP contribution is -2.51. The highest BCUT2D eigenvalue weighted by atomic mass is 19.3. The highest BCUT2D eigenvalue weighted by molar-refractivity contribution is 5.67. The Kier molecular flexibility index (Phi) is 8.68. The zero-order chi connectivity index (χ0) is 22.1. The number of hydrogen-bond acceptors (Lipinski definition) is 2. The molecular weight excluding hydrogens is 397 g/mol. The van der Waals surface area contributed by atoms with Gasteiger partial charge in [-0.05, 0) is 28.7 Å². The third kappa shape index (κ3) is 6.42. The second-order valence-electron chi connectivity index (χ2n) is 7.66. The fourth-order valence-corrected chi connectivity index (χ4v) is 4.07. The first-order valence-corrected chi connectivity index (χ1v) is 10.5. The van der Waals surface area contributed by atoms with Gasteiger partial charge in [-0.2, -0.15) is 0 Å². The van der Waals surface area contributed by atoms with Gasteiger partial charge in [-0.25, -0.2) is 8.78 Å². The highest BCUT2D eigenvalue weighted by Crippen LogP contribution is 2.31. The maximum atomic E-state index is 13.3. The molecule has 0 radical (unpaired) electrons. The van der Waals surface area contributed by atoms with Crippen molar-refractivity contribution in [2.45, 2.75) is 25.4 Å². The molecule has 0 aliphatic carbocycles. The lowest BCUT2D eigenvalue weighted by atomic mass is 9.98. The Labute approximate surface area is 182 Å². The number of hydrogen-bond donors (Lipinski definition) is 1. The SMILES string of the molecule is CF.FC(F)c1ccccc1-c1ccc(CN2CCNC(Cc3ccccc3)C2)cc1. The first kappa shape index (κ1) is 23.0. The van der Waals surface area contributed by atoms with Gasteiger partial charge in [0.2, 0.25) is 0 Å². The summed E-state index contributed by atoms with van der Waals surface area (Å²) < 4.78 is 36.1. The van der Waals surface area contributed by atoms with Crippen LogP contribution in [0.4, 0.5) is 13.2 Å². The van der Waals surface area contributed by atoms with Crippen LogP contribution < -0.4 is 5.32 Å². The third-order valence-electron chi connectivity index (χ3n) is 5.53. The number of benzene rings is 3. The Morgan fingerprint density at radius 3 is 2.26 bits per heavy atom. The first-order chi connectivity index (χ1) is 15.2. The maximum absolute atomic E-state index is 13.3. The fourth-order valence-electron chi connectivity index (χ4n) is 4.07. The quantitative estimate of drug-likeness (QED) is 0.528. The zero-order valence-corrected chi connectivity index (χ0v) is 17.8. The number of halogens is 3. The number of nitrogens with one attached hydrogen (secondary N) is 1. The summed E-state index contributed by atoms with van der Waals surface area (Å²) in [7, 11) is 0.500. The van der Waals surface area contributed by atoms with Gasteiger partial charge in [0.25, 0.3) is 6.43 Å². The molecule has 0 aromatic heterocycles. The van der Waals surface area contributed by atoms with E-state index in [1.165, 1.54) is 17.2 Å². The third-order valence-corrected chi connectivity index (χ3v) is 5.53. The van der Waals surface area contributed by atoms with E-state index < -0.39 is 6.43 Å². The standard InChI is InChI=1S/C25H26F2N2.CH3F/c26-25(27)24-9-5-4-8-23(24)21-12-10-20(11-13-21)17-29-15-14-28-22(18-29)16-19-6-2-1-3-7-19;1-2/h1-13,22,25,28H,14-18H2;1H3. The fraction of sp³-hybridized carbons (Fsp3) is 0.308. The number of alkyl halides is 3. The van der Waals surface area contributed by atoms with Crippen LogP contribution in [-0.4, -0.2) is 37.8 Å². The highest BCUT2D eigenvalue weighted by Gasteiger charge is 2.20. The van der Waals surface area contributed by atoms with Gasteiger partial charge in [-0.3, -0.25) is 9.29 Å². The van der Waals surface area contributed by atoms with Crippen LogP contribution in [-0.2, 0) is 13.0 Å². The molecule has 1 saturated heterocycles. The van der Waals surface area contributed by atoms with Crippen LogP contribution >= 0.6 is 0 Å². The van der Waals surface area contributed by atoms with Crippen molar-refractivity contribution in [3.05, 3.63) is 95.6 Å². The largest absolute Gasteiger partial charge is 0.311 e. The zero-order valence-electron chi connectivity index (χ0n) is 17.8. The second-order valence-corrected chi connectivity index (χ2v) is 7.66. The van der Waals surface area contributed by atoms with E-state index in [0.29, 0.717) is 18.8 Å². The van der Waals surface area contributed by atoms with Gasteiger partial charge in [0.15, 0.2) is 0 Å². The molecule has 4 rings (SSSR count). The van der Waals surface area contributed by atoms with E-state index >= 15 is 0 Å². The molecule has 0 saturated carbocycles. The summed E-state index contributed by atoms with van der Waals surface area (Å²) in [6, 6.07) is 25.8. The van der Waals surface area contributed by atoms with Crippen molar-refractivity contribution in [2.75, 3.05) is 26.8 Å². The van der Waals surface area contributed by atoms with E-state index in [0.717, 1.165) is 38.2 Å². The first-order valence-electron chi connectivity index (χ1n) is 10.5. The minimum Gasteiger partial charge on any atom is -0.311 e. The number of nitrogens with zero attached hydrogens (tertiary/aromatic N) is 1. The van der Waals surface area contributed by atoms with Crippen LogP contribution in [0, 0.1) is 0 Å². The predicted octanol–water partition coefficient (Wildman–Crippen LogP) is 5.89. The lowest BCUT2D eigenvalue weighted by Gasteiger charge is -2.34. The van der Waals surface area contributed by atoms with E-state index in [1.54, 1.807) is 12.1 Å². The summed E-state index contributed by atoms with van der Waals surface area (Å²) in [6.45, 7) is 3.88. The predicted molar refractivity (Wildman–Crippen MR) is 121 cm³/mol. The van der Waals surface area contributed by atoms with Crippen molar-refractivity contribution in [3.8, 4) is 11.1 Å². The van der Waals surface area contributed by atoms with Gasteiger partial charge in [-0.1, -0.05) is 78.9 Å². The van der Waals surface area contributed by atoms with Crippen molar-refractivity contribution >= 4 is 0 Å². The molecule has 3 aromatic rings. The van der Waals surface area contributed by atoms with E-state index in [4.69, 9.17) is 0 Å². The molecule has 0 spiro atoms. The topological polar surface area (TPSA) is 15.3 Å². The maximum Gasteiger partial charge on any atom is 0.264 e. The summed E-state index contributed by atoms with van der Waals surface area (Å²) in [5.74, 6) is 0. The van der Waals surface area contributed by atoms with Gasteiger partial charge in [0.05, 0.1) is 7.18 Å². The molecule has 0 amide bonds. The van der Waals surface area contributed by atoms with E-state index in [2.05, 4.69) is 46.6 Å². The molecule has 5 heteroatoms. The van der Waals surface area contributed by atoms with Crippen molar-refractivity contribution in [1.82, 2.24) is 10.2 Å². The van der Waals surface area contributed by atoms with Crippen molar-refractivity contribution in [1.29, 1.82) is 0 Å². The molecule has 3 aromatic carbocycles. The molecule has 31 heavy (non-hydrogen) atoms. The molecule has 1 unspecified atom stereocenters. The average Bonchev–Trinajstić information content (AvgIpc) is 2.82. The number of piperazine rings is 1. The summed E-state index contributed by atoms with van der Waals surface area (Å²) in [5.41, 5.74) is 4.11. The second kappa shape index (κ2) is 11.7. The summed E-state index contributed by atoms with van der Waals surface area (Å²) in [6.07, 6.45) is -1.44. The molecule has 1 N–H and O–H groups in total. The van der Waals surface area contributed by atoms with Crippen LogP contribution in [0.1, 0.15) is 23.1 Å². The van der Waals surface area contributed by atoms with Gasteiger partial charge >= 0.3 is 0 Å². The Morgan fingerprint density at radius 2 is 1.55 bits per heavy atom. The summed E-state index contributed by atoms with van der Waals surface area (Å²) >= 11 is 0. The monoisotopic (exact) mass is 426 g/mol. The lowest BCUT2D eigenvalue weighted by molar-refractivity contribution is 0.152. The van der Waals surface area contributed by atoms with E-state index in [9.17, 15) is 13.2 Å². The van der Waals surface area contributed by atoms with Gasteiger partial charge < -0.3 is 5.32 Å². The molecule has 1 heterocycles. The molecular formula is C26H29F3N2. The molecule has 164 valence electrons. The molecule has 1 fully saturated rings. The van der Waals surface area contributed by atoms with Crippen LogP contribution in [0.3, 0.4) is 0 Å². The van der Waals surface area contributed by atoms with Gasteiger partial charge in [0.1, 0.15) is 0 Å². The number of rotatable bonds is 6. The van der Waals surface area contributed by atoms with Crippen LogP contribution in [0.2, 0.25) is 0 Å². The molecule has 0 bridgehead atoms. The van der Waals surface area contributed by atoms with Crippen LogP contribution in [0.25, 0.3) is 11.1 Å². The van der Waals surface area contributed by atoms with Crippen molar-refractivity contribution < 1.29 is 13.2 Å². The Morgan fingerprint density at radius 1 is 0.871 bits per heavy atom. The Hall–Kier alpha value is -2.63. The minimum atomic E-state index is -2.46. The summed E-state index contributed by atoms with van der Waals surface area (Å²) in [4.78, 5) is 2.46. The van der Waals surface area contributed by atoms with Gasteiger partial charge in [-0.15, -0.1) is 0 Å². The van der Waals surface area contributed by atoms with Gasteiger partial charge in [0, 0.05) is 37.8 Å². The normalized spacial score (nSPS) is 16.6. The molecule has 1 aliphatic heterocycles. The van der Waals surface area contributed by atoms with Crippen LogP contribution in [0.5, 0.6) is 0 Å². The Balaban J connectivity index is 0.00000132. The molecule has 1 atom stereocenters. The minimum absolute atomic E-state index is 0.0890. The average molecular weight is 427 g/mol. The van der Waals surface area contributed by atoms with Crippen LogP contribution in [0.15, 0.2) is 78.9 Å². The Bertz CT molecular complexity index is 913. The van der Waals surface area contributed by atoms with E-state index in [-0.39, 0.29) is 5.56 Å². The van der Waals surface area contributed by atoms with Crippen molar-refractivity contribution in [3.63, 3.8) is 0 Å². The molecule has 2 nitrogen and oxygen atoms in total. The summed E-state index contributed by atoms with van der Waals surface area (Å²) in [5, 5.41) is 3.62. The van der Waals surface area contributed by atoms with Crippen molar-refractivity contribution in [2.24, 2.45) is 0 Å². The molecule has 1 aliphatic rings. The smallest absolute Gasteiger partial charge is 0.264 e. The van der Waals surface area contributed by atoms with E-state index in [1.807, 2.05) is 24.3 Å².